The number of benzene rings is 1. The van der Waals surface area contributed by atoms with Gasteiger partial charge < -0.3 is 5.32 Å². The first-order valence-corrected chi connectivity index (χ1v) is 7.62. The van der Waals surface area contributed by atoms with Gasteiger partial charge in [0.15, 0.2) is 10.6 Å². The smallest absolute Gasteiger partial charge is 0.253 e. The van der Waals surface area contributed by atoms with Crippen molar-refractivity contribution in [2.45, 2.75) is 19.5 Å². The van der Waals surface area contributed by atoms with E-state index >= 15 is 0 Å². The maximum Gasteiger partial charge on any atom is 0.253 e. The summed E-state index contributed by atoms with van der Waals surface area (Å²) in [5.74, 6) is 0.302. The standard InChI is InChI=1S/C14H14Cl2N4OS/c1-3-6-20-12(18-19-14(20)22)8(2)17-13(21)10-5-4-9(15)7-11(10)16/h3-5,7-8H,1,6H2,2H3,(H,17,21)(H,19,22)/t8-/m1/s1. The number of carbonyl (C=O) groups is 1. The van der Waals surface area contributed by atoms with Gasteiger partial charge in [0.25, 0.3) is 5.91 Å². The van der Waals surface area contributed by atoms with Crippen molar-refractivity contribution in [3.05, 3.63) is 57.1 Å². The summed E-state index contributed by atoms with van der Waals surface area (Å²) in [5, 5.41) is 10.5. The maximum atomic E-state index is 12.3. The van der Waals surface area contributed by atoms with E-state index in [1.807, 2.05) is 6.92 Å². The summed E-state index contributed by atoms with van der Waals surface area (Å²) in [5.41, 5.74) is 0.349. The maximum absolute atomic E-state index is 12.3. The quantitative estimate of drug-likeness (QED) is 0.630. The third kappa shape index (κ3) is 3.58. The van der Waals surface area contributed by atoms with Crippen LogP contribution in [0.5, 0.6) is 0 Å². The van der Waals surface area contributed by atoms with Gasteiger partial charge in [-0.3, -0.25) is 14.5 Å². The molecule has 0 saturated heterocycles. The van der Waals surface area contributed by atoms with Gasteiger partial charge in [-0.15, -0.1) is 6.58 Å². The molecule has 0 spiro atoms. The Hall–Kier alpha value is -1.63. The number of aromatic nitrogens is 3. The third-order valence-corrected chi connectivity index (χ3v) is 3.87. The monoisotopic (exact) mass is 356 g/mol. The minimum Gasteiger partial charge on any atom is -0.342 e. The predicted molar refractivity (Wildman–Crippen MR) is 90.0 cm³/mol. The Balaban J connectivity index is 2.21. The molecule has 0 aliphatic heterocycles. The molecule has 0 radical (unpaired) electrons. The first-order valence-electron chi connectivity index (χ1n) is 6.46. The number of amides is 1. The van der Waals surface area contributed by atoms with Gasteiger partial charge >= 0.3 is 0 Å². The van der Waals surface area contributed by atoms with Crippen molar-refractivity contribution >= 4 is 41.3 Å². The Kier molecular flexibility index (Phi) is 5.39. The van der Waals surface area contributed by atoms with E-state index in [0.29, 0.717) is 32.7 Å². The molecule has 1 atom stereocenters. The van der Waals surface area contributed by atoms with Crippen LogP contribution in [-0.4, -0.2) is 20.7 Å². The number of rotatable bonds is 5. The van der Waals surface area contributed by atoms with Crippen LogP contribution in [0.25, 0.3) is 0 Å². The fourth-order valence-corrected chi connectivity index (χ4v) is 2.69. The molecule has 0 aliphatic carbocycles. The molecule has 2 rings (SSSR count). The van der Waals surface area contributed by atoms with E-state index in [9.17, 15) is 4.79 Å². The first kappa shape index (κ1) is 16.7. The summed E-state index contributed by atoms with van der Waals surface area (Å²) in [4.78, 5) is 12.3. The van der Waals surface area contributed by atoms with Gasteiger partial charge in [-0.05, 0) is 37.3 Å². The van der Waals surface area contributed by atoms with E-state index in [4.69, 9.17) is 35.4 Å². The van der Waals surface area contributed by atoms with Gasteiger partial charge in [-0.2, -0.15) is 5.10 Å². The molecule has 8 heteroatoms. The zero-order valence-electron chi connectivity index (χ0n) is 11.8. The second-order valence-electron chi connectivity index (χ2n) is 4.61. The normalized spacial score (nSPS) is 12.0. The second kappa shape index (κ2) is 7.09. The summed E-state index contributed by atoms with van der Waals surface area (Å²) in [7, 11) is 0. The molecule has 5 nitrogen and oxygen atoms in total. The molecule has 1 aromatic carbocycles. The van der Waals surface area contributed by atoms with Crippen LogP contribution >= 0.6 is 35.4 Å². The highest BCUT2D eigenvalue weighted by Crippen LogP contribution is 2.21. The highest BCUT2D eigenvalue weighted by atomic mass is 35.5. The van der Waals surface area contributed by atoms with Gasteiger partial charge in [-0.1, -0.05) is 29.3 Å². The van der Waals surface area contributed by atoms with E-state index < -0.39 is 0 Å². The summed E-state index contributed by atoms with van der Waals surface area (Å²) in [6.45, 7) is 6.00. The lowest BCUT2D eigenvalue weighted by molar-refractivity contribution is 0.0938. The zero-order valence-corrected chi connectivity index (χ0v) is 14.1. The molecule has 1 amide bonds. The van der Waals surface area contributed by atoms with Crippen molar-refractivity contribution in [3.8, 4) is 0 Å². The molecule has 0 saturated carbocycles. The molecule has 1 aromatic heterocycles. The van der Waals surface area contributed by atoms with E-state index in [0.717, 1.165) is 0 Å². The topological polar surface area (TPSA) is 62.7 Å². The van der Waals surface area contributed by atoms with Crippen LogP contribution in [-0.2, 0) is 6.54 Å². The van der Waals surface area contributed by atoms with E-state index in [1.54, 1.807) is 22.8 Å². The SMILES string of the molecule is C=CCn1c([C@@H](C)NC(=O)c2ccc(Cl)cc2Cl)n[nH]c1=S. The Labute approximate surface area is 142 Å². The largest absolute Gasteiger partial charge is 0.342 e. The number of allylic oxidation sites excluding steroid dienone is 1. The molecule has 0 unspecified atom stereocenters. The molecular formula is C14H14Cl2N4OS. The van der Waals surface area contributed by atoms with Gasteiger partial charge in [-0.25, -0.2) is 0 Å². The number of carbonyl (C=O) groups excluding carboxylic acids is 1. The average Bonchev–Trinajstić information content (AvgIpc) is 2.80. The summed E-state index contributed by atoms with van der Waals surface area (Å²) in [6, 6.07) is 4.36. The highest BCUT2D eigenvalue weighted by molar-refractivity contribution is 7.71. The van der Waals surface area contributed by atoms with Crippen LogP contribution in [0.3, 0.4) is 0 Å². The number of aromatic amines is 1. The fraction of sp³-hybridized carbons (Fsp3) is 0.214. The number of nitrogens with zero attached hydrogens (tertiary/aromatic N) is 2. The van der Waals surface area contributed by atoms with Gasteiger partial charge in [0.05, 0.1) is 16.6 Å². The first-order chi connectivity index (χ1) is 10.4. The zero-order chi connectivity index (χ0) is 16.3. The average molecular weight is 357 g/mol. The van der Waals surface area contributed by atoms with Crippen molar-refractivity contribution in [2.24, 2.45) is 0 Å². The molecule has 1 heterocycles. The van der Waals surface area contributed by atoms with Crippen molar-refractivity contribution in [3.63, 3.8) is 0 Å². The Morgan fingerprint density at radius 3 is 2.95 bits per heavy atom. The summed E-state index contributed by atoms with van der Waals surface area (Å²) < 4.78 is 2.23. The predicted octanol–water partition coefficient (Wildman–Crippen LogP) is 3.92. The lowest BCUT2D eigenvalue weighted by Gasteiger charge is -2.14. The molecule has 2 aromatic rings. The Morgan fingerprint density at radius 1 is 1.59 bits per heavy atom. The van der Waals surface area contributed by atoms with Crippen molar-refractivity contribution < 1.29 is 4.79 Å². The minimum absolute atomic E-state index is 0.294. The molecule has 116 valence electrons. The number of halogens is 2. The molecule has 2 N–H and O–H groups in total. The van der Waals surface area contributed by atoms with E-state index in [1.165, 1.54) is 6.07 Å². The van der Waals surface area contributed by atoms with Crippen molar-refractivity contribution in [1.82, 2.24) is 20.1 Å². The second-order valence-corrected chi connectivity index (χ2v) is 5.84. The summed E-state index contributed by atoms with van der Waals surface area (Å²) >= 11 is 17.0. The lowest BCUT2D eigenvalue weighted by atomic mass is 10.2. The van der Waals surface area contributed by atoms with Crippen molar-refractivity contribution in [1.29, 1.82) is 0 Å². The van der Waals surface area contributed by atoms with Gasteiger partial charge in [0.1, 0.15) is 0 Å². The van der Waals surface area contributed by atoms with Gasteiger partial charge in [0.2, 0.25) is 0 Å². The number of nitrogens with one attached hydrogen (secondary N) is 2. The number of hydrogen-bond acceptors (Lipinski definition) is 3. The Bertz CT molecular complexity index is 768. The van der Waals surface area contributed by atoms with Crippen LogP contribution in [0.1, 0.15) is 29.1 Å². The van der Waals surface area contributed by atoms with E-state index in [-0.39, 0.29) is 11.9 Å². The van der Waals surface area contributed by atoms with Gasteiger partial charge in [0, 0.05) is 11.6 Å². The minimum atomic E-state index is -0.354. The van der Waals surface area contributed by atoms with Crippen LogP contribution in [0, 0.1) is 4.77 Å². The third-order valence-electron chi connectivity index (χ3n) is 3.01. The molecule has 0 bridgehead atoms. The molecular weight excluding hydrogens is 343 g/mol. The summed E-state index contributed by atoms with van der Waals surface area (Å²) in [6.07, 6.45) is 1.71. The molecule has 0 fully saturated rings. The van der Waals surface area contributed by atoms with Crippen LogP contribution < -0.4 is 5.32 Å². The Morgan fingerprint density at radius 2 is 2.32 bits per heavy atom. The highest BCUT2D eigenvalue weighted by Gasteiger charge is 2.18. The van der Waals surface area contributed by atoms with Crippen molar-refractivity contribution in [2.75, 3.05) is 0 Å². The molecule has 0 aliphatic rings. The number of H-pyrrole nitrogens is 1. The molecule has 22 heavy (non-hydrogen) atoms. The number of hydrogen-bond donors (Lipinski definition) is 2. The van der Waals surface area contributed by atoms with Crippen LogP contribution in [0.15, 0.2) is 30.9 Å². The van der Waals surface area contributed by atoms with E-state index in [2.05, 4.69) is 22.1 Å². The fourth-order valence-electron chi connectivity index (χ4n) is 1.98. The van der Waals surface area contributed by atoms with Crippen LogP contribution in [0.4, 0.5) is 0 Å². The van der Waals surface area contributed by atoms with Crippen LogP contribution in [0.2, 0.25) is 10.0 Å². The lowest BCUT2D eigenvalue weighted by Crippen LogP contribution is -2.29.